The van der Waals surface area contributed by atoms with Crippen molar-refractivity contribution in [2.24, 2.45) is 0 Å². The van der Waals surface area contributed by atoms with Crippen LogP contribution in [0.3, 0.4) is 0 Å². The number of hydrogen-bond donors (Lipinski definition) is 2. The molecule has 0 saturated carbocycles. The molecule has 0 radical (unpaired) electrons. The number of nitrogens with two attached hydrogens (primary N) is 1. The number of ether oxygens (including phenoxy) is 1. The van der Waals surface area contributed by atoms with Gasteiger partial charge >= 0.3 is 5.97 Å². The molecule has 19 heavy (non-hydrogen) atoms. The van der Waals surface area contributed by atoms with Crippen LogP contribution in [0.4, 0.5) is 11.5 Å². The Morgan fingerprint density at radius 3 is 3.05 bits per heavy atom. The summed E-state index contributed by atoms with van der Waals surface area (Å²) in [7, 11) is 1.30. The van der Waals surface area contributed by atoms with Crippen molar-refractivity contribution in [2.45, 2.75) is 13.0 Å². The third-order valence-corrected chi connectivity index (χ3v) is 3.12. The van der Waals surface area contributed by atoms with Gasteiger partial charge in [0.25, 0.3) is 0 Å². The minimum atomic E-state index is -0.498. The Morgan fingerprint density at radius 2 is 2.37 bits per heavy atom. The first-order chi connectivity index (χ1) is 9.04. The molecule has 1 amide bonds. The van der Waals surface area contributed by atoms with Gasteiger partial charge in [-0.05, 0) is 13.0 Å². The van der Waals surface area contributed by atoms with Crippen LogP contribution < -0.4 is 16.0 Å². The number of aromatic nitrogens is 1. The molecule has 0 spiro atoms. The average Bonchev–Trinajstić information content (AvgIpc) is 2.41. The van der Waals surface area contributed by atoms with Gasteiger partial charge in [-0.3, -0.25) is 4.79 Å². The van der Waals surface area contributed by atoms with Crippen molar-refractivity contribution in [1.29, 1.82) is 0 Å². The number of amides is 1. The van der Waals surface area contributed by atoms with Gasteiger partial charge in [-0.15, -0.1) is 0 Å². The second-order valence-electron chi connectivity index (χ2n) is 4.28. The van der Waals surface area contributed by atoms with Crippen LogP contribution in [-0.4, -0.2) is 43.1 Å². The van der Waals surface area contributed by atoms with E-state index in [4.69, 9.17) is 10.5 Å². The fraction of sp³-hybridized carbons (Fsp3) is 0.417. The fourth-order valence-electron chi connectivity index (χ4n) is 2.08. The van der Waals surface area contributed by atoms with Crippen LogP contribution in [0, 0.1) is 0 Å². The van der Waals surface area contributed by atoms with Crippen LogP contribution in [0.2, 0.25) is 0 Å². The summed E-state index contributed by atoms with van der Waals surface area (Å²) in [5.74, 6) is -0.348. The maximum atomic E-state index is 11.8. The van der Waals surface area contributed by atoms with Crippen molar-refractivity contribution >= 4 is 23.4 Å². The van der Waals surface area contributed by atoms with Gasteiger partial charge in [-0.25, -0.2) is 9.78 Å². The highest BCUT2D eigenvalue weighted by molar-refractivity contribution is 5.98. The lowest BCUT2D eigenvalue weighted by Crippen LogP contribution is -2.54. The van der Waals surface area contributed by atoms with E-state index in [1.165, 1.54) is 19.4 Å². The Labute approximate surface area is 110 Å². The predicted octanol–water partition coefficient (Wildman–Crippen LogP) is -0.225. The SMILES string of the molecule is COC(=O)c1cc(N)ncc1N1CCNC(=O)C1C. The predicted molar refractivity (Wildman–Crippen MR) is 69.8 cm³/mol. The van der Waals surface area contributed by atoms with Gasteiger partial charge in [0.2, 0.25) is 5.91 Å². The zero-order valence-corrected chi connectivity index (χ0v) is 10.8. The molecule has 1 atom stereocenters. The van der Waals surface area contributed by atoms with Crippen LogP contribution >= 0.6 is 0 Å². The van der Waals surface area contributed by atoms with Gasteiger partial charge < -0.3 is 20.7 Å². The smallest absolute Gasteiger partial charge is 0.340 e. The van der Waals surface area contributed by atoms with Crippen molar-refractivity contribution in [1.82, 2.24) is 10.3 Å². The van der Waals surface area contributed by atoms with Gasteiger partial charge in [0.05, 0.1) is 24.6 Å². The summed E-state index contributed by atoms with van der Waals surface area (Å²) in [6.45, 7) is 2.89. The van der Waals surface area contributed by atoms with Crippen molar-refractivity contribution in [2.75, 3.05) is 30.8 Å². The van der Waals surface area contributed by atoms with Crippen LogP contribution in [0.25, 0.3) is 0 Å². The number of pyridine rings is 1. The van der Waals surface area contributed by atoms with Crippen LogP contribution in [0.5, 0.6) is 0 Å². The second-order valence-corrected chi connectivity index (χ2v) is 4.28. The number of carbonyl (C=O) groups is 2. The van der Waals surface area contributed by atoms with E-state index >= 15 is 0 Å². The number of anilines is 2. The summed E-state index contributed by atoms with van der Waals surface area (Å²) >= 11 is 0. The van der Waals surface area contributed by atoms with Crippen molar-refractivity contribution in [3.63, 3.8) is 0 Å². The topological polar surface area (TPSA) is 97.6 Å². The first kappa shape index (κ1) is 13.1. The van der Waals surface area contributed by atoms with Gasteiger partial charge in [0, 0.05) is 13.1 Å². The van der Waals surface area contributed by atoms with Crippen molar-refractivity contribution in [3.8, 4) is 0 Å². The third kappa shape index (κ3) is 2.44. The van der Waals surface area contributed by atoms with Gasteiger partial charge in [-0.1, -0.05) is 0 Å². The van der Waals surface area contributed by atoms with Crippen LogP contribution in [0.15, 0.2) is 12.3 Å². The number of methoxy groups -OCH3 is 1. The molecule has 0 bridgehead atoms. The lowest BCUT2D eigenvalue weighted by atomic mass is 10.1. The summed E-state index contributed by atoms with van der Waals surface area (Å²) in [6.07, 6.45) is 1.50. The fourth-order valence-corrected chi connectivity index (χ4v) is 2.08. The molecule has 1 aliphatic heterocycles. The van der Waals surface area contributed by atoms with E-state index in [0.29, 0.717) is 24.3 Å². The minimum absolute atomic E-state index is 0.0844. The Morgan fingerprint density at radius 1 is 1.63 bits per heavy atom. The van der Waals surface area contributed by atoms with E-state index in [9.17, 15) is 9.59 Å². The van der Waals surface area contributed by atoms with E-state index in [1.54, 1.807) is 6.92 Å². The minimum Gasteiger partial charge on any atom is -0.465 e. The number of hydrogen-bond acceptors (Lipinski definition) is 6. The first-order valence-corrected chi connectivity index (χ1v) is 5.92. The zero-order chi connectivity index (χ0) is 14.0. The molecule has 1 fully saturated rings. The number of nitrogens with one attached hydrogen (secondary N) is 1. The highest BCUT2D eigenvalue weighted by Crippen LogP contribution is 2.25. The number of nitrogens with zero attached hydrogens (tertiary/aromatic N) is 2. The van der Waals surface area contributed by atoms with Crippen LogP contribution in [0.1, 0.15) is 17.3 Å². The van der Waals surface area contributed by atoms with Gasteiger partial charge in [0.1, 0.15) is 11.9 Å². The summed E-state index contributed by atoms with van der Waals surface area (Å²) < 4.78 is 4.74. The molecule has 2 heterocycles. The molecule has 1 aromatic heterocycles. The Kier molecular flexibility index (Phi) is 3.55. The Hall–Kier alpha value is -2.31. The largest absolute Gasteiger partial charge is 0.465 e. The maximum absolute atomic E-state index is 11.8. The number of carbonyl (C=O) groups excluding carboxylic acids is 2. The summed E-state index contributed by atoms with van der Waals surface area (Å²) in [5, 5.41) is 2.76. The highest BCUT2D eigenvalue weighted by Gasteiger charge is 2.29. The quantitative estimate of drug-likeness (QED) is 0.716. The summed E-state index contributed by atoms with van der Waals surface area (Å²) in [5.41, 5.74) is 6.47. The lowest BCUT2D eigenvalue weighted by Gasteiger charge is -2.35. The molecular weight excluding hydrogens is 248 g/mol. The second kappa shape index (κ2) is 5.13. The molecule has 7 nitrogen and oxygen atoms in total. The highest BCUT2D eigenvalue weighted by atomic mass is 16.5. The number of esters is 1. The molecule has 7 heteroatoms. The third-order valence-electron chi connectivity index (χ3n) is 3.12. The van der Waals surface area contributed by atoms with E-state index in [2.05, 4.69) is 10.3 Å². The molecule has 0 aromatic carbocycles. The summed E-state index contributed by atoms with van der Waals surface area (Å²) in [6, 6.07) is 1.09. The number of rotatable bonds is 2. The number of nitrogen functional groups attached to an aromatic ring is 1. The lowest BCUT2D eigenvalue weighted by molar-refractivity contribution is -0.122. The number of piperazine rings is 1. The normalized spacial score (nSPS) is 18.9. The maximum Gasteiger partial charge on any atom is 0.340 e. The van der Waals surface area contributed by atoms with Crippen LogP contribution in [-0.2, 0) is 9.53 Å². The molecule has 2 rings (SSSR count). The molecule has 3 N–H and O–H groups in total. The van der Waals surface area contributed by atoms with Gasteiger partial charge in [-0.2, -0.15) is 0 Å². The van der Waals surface area contributed by atoms with E-state index < -0.39 is 5.97 Å². The molecule has 102 valence electrons. The first-order valence-electron chi connectivity index (χ1n) is 5.92. The van der Waals surface area contributed by atoms with Crippen molar-refractivity contribution < 1.29 is 14.3 Å². The molecule has 1 aromatic rings. The van der Waals surface area contributed by atoms with Crippen molar-refractivity contribution in [3.05, 3.63) is 17.8 Å². The Balaban J connectivity index is 2.43. The van der Waals surface area contributed by atoms with E-state index in [-0.39, 0.29) is 17.8 Å². The Bertz CT molecular complexity index is 518. The average molecular weight is 264 g/mol. The molecule has 1 unspecified atom stereocenters. The van der Waals surface area contributed by atoms with E-state index in [1.807, 2.05) is 4.90 Å². The molecule has 0 aliphatic carbocycles. The molecule has 1 saturated heterocycles. The zero-order valence-electron chi connectivity index (χ0n) is 10.8. The van der Waals surface area contributed by atoms with E-state index in [0.717, 1.165) is 0 Å². The van der Waals surface area contributed by atoms with Gasteiger partial charge in [0.15, 0.2) is 0 Å². The summed E-state index contributed by atoms with van der Waals surface area (Å²) in [4.78, 5) is 29.3. The molecule has 1 aliphatic rings. The standard InChI is InChI=1S/C12H16N4O3/c1-7-11(17)14-3-4-16(7)9-6-15-10(13)5-8(9)12(18)19-2/h5-7H,3-4H2,1-2H3,(H2,13,15)(H,14,17). The molecular formula is C12H16N4O3. The monoisotopic (exact) mass is 264 g/mol.